The van der Waals surface area contributed by atoms with E-state index >= 15 is 0 Å². The van der Waals surface area contributed by atoms with Gasteiger partial charge in [0.2, 0.25) is 0 Å². The van der Waals surface area contributed by atoms with Crippen molar-refractivity contribution < 1.29 is 0 Å². The van der Waals surface area contributed by atoms with Crippen LogP contribution in [0.4, 0.5) is 0 Å². The first-order valence-corrected chi connectivity index (χ1v) is 7.95. The average molecular weight is 238 g/mol. The average Bonchev–Trinajstić information content (AvgIpc) is 3.29. The third-order valence-corrected chi connectivity index (χ3v) is 6.33. The van der Waals surface area contributed by atoms with Crippen LogP contribution in [0.15, 0.2) is 24.3 Å². The molecule has 94 valence electrons. The zero-order chi connectivity index (χ0) is 11.8. The summed E-state index contributed by atoms with van der Waals surface area (Å²) in [5.74, 6) is 2.09. The number of hydrogen-bond donors (Lipinski definition) is 0. The minimum atomic E-state index is 0.648. The zero-order valence-corrected chi connectivity index (χ0v) is 11.1. The first-order valence-electron chi connectivity index (χ1n) is 7.95. The molecule has 0 unspecified atom stereocenters. The lowest BCUT2D eigenvalue weighted by atomic mass is 9.86. The molecule has 0 aromatic heterocycles. The molecule has 0 N–H and O–H groups in total. The number of rotatable bonds is 4. The topological polar surface area (TPSA) is 0 Å². The Morgan fingerprint density at radius 1 is 0.611 bits per heavy atom. The van der Waals surface area contributed by atoms with Gasteiger partial charge in [-0.05, 0) is 85.2 Å². The van der Waals surface area contributed by atoms with Gasteiger partial charge in [-0.25, -0.2) is 0 Å². The van der Waals surface area contributed by atoms with E-state index in [-0.39, 0.29) is 0 Å². The summed E-state index contributed by atoms with van der Waals surface area (Å²) >= 11 is 0. The van der Waals surface area contributed by atoms with E-state index in [1.165, 1.54) is 51.4 Å². The van der Waals surface area contributed by atoms with Gasteiger partial charge in [0.15, 0.2) is 0 Å². The fourth-order valence-corrected chi connectivity index (χ4v) is 4.54. The third kappa shape index (κ3) is 1.27. The van der Waals surface area contributed by atoms with Crippen LogP contribution in [0.3, 0.4) is 0 Å². The maximum absolute atomic E-state index is 2.49. The maximum Gasteiger partial charge on any atom is -0.00181 e. The smallest absolute Gasteiger partial charge is 0.00181 e. The third-order valence-electron chi connectivity index (χ3n) is 6.33. The molecule has 0 spiro atoms. The van der Waals surface area contributed by atoms with E-state index in [0.29, 0.717) is 10.8 Å². The van der Waals surface area contributed by atoms with E-state index in [0.717, 1.165) is 11.8 Å². The Bertz CT molecular complexity index is 432. The molecule has 0 atom stereocenters. The molecule has 4 aliphatic carbocycles. The Balaban J connectivity index is 1.47. The van der Waals surface area contributed by atoms with Crippen LogP contribution < -0.4 is 0 Å². The summed E-state index contributed by atoms with van der Waals surface area (Å²) < 4.78 is 0. The summed E-state index contributed by atoms with van der Waals surface area (Å²) in [6.45, 7) is 0. The van der Waals surface area contributed by atoms with Crippen molar-refractivity contribution in [2.45, 2.75) is 62.2 Å². The van der Waals surface area contributed by atoms with Crippen LogP contribution >= 0.6 is 0 Å². The van der Waals surface area contributed by atoms with Crippen LogP contribution in [0.25, 0.3) is 0 Å². The molecule has 0 aliphatic heterocycles. The molecule has 4 fully saturated rings. The summed E-state index contributed by atoms with van der Waals surface area (Å²) in [5, 5.41) is 0. The van der Waals surface area contributed by atoms with Crippen molar-refractivity contribution in [1.29, 1.82) is 0 Å². The van der Waals surface area contributed by atoms with Gasteiger partial charge in [0.1, 0.15) is 0 Å². The zero-order valence-electron chi connectivity index (χ0n) is 11.1. The number of benzene rings is 1. The van der Waals surface area contributed by atoms with Gasteiger partial charge in [-0.2, -0.15) is 0 Å². The fourth-order valence-electron chi connectivity index (χ4n) is 4.54. The molecule has 0 amide bonds. The summed E-state index contributed by atoms with van der Waals surface area (Å²) in [6, 6.07) is 9.96. The van der Waals surface area contributed by atoms with E-state index < -0.39 is 0 Å². The van der Waals surface area contributed by atoms with Gasteiger partial charge in [0.05, 0.1) is 0 Å². The largest absolute Gasteiger partial charge is 0.0582 e. The van der Waals surface area contributed by atoms with Gasteiger partial charge in [-0.15, -0.1) is 0 Å². The molecular weight excluding hydrogens is 216 g/mol. The van der Waals surface area contributed by atoms with Crippen LogP contribution in [-0.2, 0) is 10.8 Å². The lowest BCUT2D eigenvalue weighted by molar-refractivity contribution is 0.586. The molecule has 0 radical (unpaired) electrons. The Labute approximate surface area is 110 Å². The number of hydrogen-bond acceptors (Lipinski definition) is 0. The highest BCUT2D eigenvalue weighted by Gasteiger charge is 2.56. The van der Waals surface area contributed by atoms with E-state index in [2.05, 4.69) is 24.3 Å². The lowest BCUT2D eigenvalue weighted by Crippen LogP contribution is -2.12. The van der Waals surface area contributed by atoms with Gasteiger partial charge < -0.3 is 0 Å². The highest BCUT2D eigenvalue weighted by Crippen LogP contribution is 2.64. The molecule has 0 bridgehead atoms. The molecule has 0 saturated heterocycles. The Morgan fingerprint density at radius 2 is 0.944 bits per heavy atom. The van der Waals surface area contributed by atoms with Crippen molar-refractivity contribution in [3.05, 3.63) is 35.4 Å². The van der Waals surface area contributed by atoms with E-state index in [9.17, 15) is 0 Å². The van der Waals surface area contributed by atoms with Crippen molar-refractivity contribution in [1.82, 2.24) is 0 Å². The molecule has 0 heterocycles. The second-order valence-electron chi connectivity index (χ2n) is 7.44. The molecule has 18 heavy (non-hydrogen) atoms. The van der Waals surface area contributed by atoms with Crippen molar-refractivity contribution >= 4 is 0 Å². The van der Waals surface area contributed by atoms with Gasteiger partial charge in [-0.1, -0.05) is 24.3 Å². The summed E-state index contributed by atoms with van der Waals surface area (Å²) in [5.41, 5.74) is 4.63. The molecule has 0 heteroatoms. The maximum atomic E-state index is 2.49. The highest BCUT2D eigenvalue weighted by molar-refractivity contribution is 5.41. The summed E-state index contributed by atoms with van der Waals surface area (Å²) in [7, 11) is 0. The SMILES string of the molecule is c1cc(C2(C3CC3)CC2)ccc1C1(C2CC2)CC1. The molecule has 4 aliphatic rings. The molecule has 4 saturated carbocycles. The Kier molecular flexibility index (Phi) is 1.69. The van der Waals surface area contributed by atoms with Crippen molar-refractivity contribution in [3.8, 4) is 0 Å². The highest BCUT2D eigenvalue weighted by atomic mass is 14.6. The molecular formula is C18H22. The van der Waals surface area contributed by atoms with Crippen LogP contribution in [0.2, 0.25) is 0 Å². The van der Waals surface area contributed by atoms with E-state index in [1.807, 2.05) is 0 Å². The van der Waals surface area contributed by atoms with Crippen molar-refractivity contribution in [3.63, 3.8) is 0 Å². The Hall–Kier alpha value is -0.780. The van der Waals surface area contributed by atoms with Gasteiger partial charge >= 0.3 is 0 Å². The molecule has 0 nitrogen and oxygen atoms in total. The van der Waals surface area contributed by atoms with Crippen molar-refractivity contribution in [2.24, 2.45) is 11.8 Å². The quantitative estimate of drug-likeness (QED) is 0.721. The van der Waals surface area contributed by atoms with Crippen LogP contribution in [-0.4, -0.2) is 0 Å². The minimum absolute atomic E-state index is 0.648. The van der Waals surface area contributed by atoms with E-state index in [1.54, 1.807) is 11.1 Å². The first-order chi connectivity index (χ1) is 8.83. The summed E-state index contributed by atoms with van der Waals surface area (Å²) in [6.07, 6.45) is 11.8. The minimum Gasteiger partial charge on any atom is -0.0582 e. The summed E-state index contributed by atoms with van der Waals surface area (Å²) in [4.78, 5) is 0. The normalized spacial score (nSPS) is 31.1. The van der Waals surface area contributed by atoms with Gasteiger partial charge in [0.25, 0.3) is 0 Å². The lowest BCUT2D eigenvalue weighted by Gasteiger charge is -2.18. The molecule has 1 aromatic carbocycles. The monoisotopic (exact) mass is 238 g/mol. The van der Waals surface area contributed by atoms with Gasteiger partial charge in [-0.3, -0.25) is 0 Å². The predicted octanol–water partition coefficient (Wildman–Crippen LogP) is 4.57. The van der Waals surface area contributed by atoms with Crippen LogP contribution in [0.1, 0.15) is 62.5 Å². The van der Waals surface area contributed by atoms with Crippen molar-refractivity contribution in [2.75, 3.05) is 0 Å². The second kappa shape index (κ2) is 3.03. The van der Waals surface area contributed by atoms with E-state index in [4.69, 9.17) is 0 Å². The Morgan fingerprint density at radius 3 is 1.17 bits per heavy atom. The fraction of sp³-hybridized carbons (Fsp3) is 0.667. The predicted molar refractivity (Wildman–Crippen MR) is 73.7 cm³/mol. The standard InChI is InChI=1S/C18H22/c1-2-14(18(11-12-18)16-7-8-16)4-3-13(1)17(9-10-17)15-5-6-15/h1-4,15-16H,5-12H2. The molecule has 5 rings (SSSR count). The van der Waals surface area contributed by atoms with Crippen LogP contribution in [0.5, 0.6) is 0 Å². The first kappa shape index (κ1) is 10.1. The van der Waals surface area contributed by atoms with Gasteiger partial charge in [0, 0.05) is 0 Å². The van der Waals surface area contributed by atoms with Crippen LogP contribution in [0, 0.1) is 11.8 Å². The molecule has 1 aromatic rings. The second-order valence-corrected chi connectivity index (χ2v) is 7.44.